The van der Waals surface area contributed by atoms with Gasteiger partial charge in [0.15, 0.2) is 0 Å². The van der Waals surface area contributed by atoms with E-state index in [0.29, 0.717) is 10.5 Å². The van der Waals surface area contributed by atoms with Crippen molar-refractivity contribution in [1.29, 1.82) is 0 Å². The molecule has 7 rings (SSSR count). The molecule has 4 aromatic carbocycles. The second-order valence-electron chi connectivity index (χ2n) is 11.3. The van der Waals surface area contributed by atoms with Crippen molar-refractivity contribution >= 4 is 23.5 Å². The number of thioether (sulfide) groups is 2. The van der Waals surface area contributed by atoms with E-state index in [1.54, 1.807) is 0 Å². The third-order valence-corrected chi connectivity index (χ3v) is 10.3. The van der Waals surface area contributed by atoms with E-state index in [1.807, 2.05) is 23.5 Å². The van der Waals surface area contributed by atoms with Crippen LogP contribution in [0.1, 0.15) is 44.5 Å². The highest BCUT2D eigenvalue weighted by Crippen LogP contribution is 2.57. The van der Waals surface area contributed by atoms with Gasteiger partial charge in [0.2, 0.25) is 0 Å². The van der Waals surface area contributed by atoms with Crippen LogP contribution in [0.2, 0.25) is 0 Å². The summed E-state index contributed by atoms with van der Waals surface area (Å²) in [6.45, 7) is 10.4. The largest absolute Gasteiger partial charge is 0.492 e. The summed E-state index contributed by atoms with van der Waals surface area (Å²) in [6.07, 6.45) is 0. The van der Waals surface area contributed by atoms with Crippen LogP contribution in [-0.4, -0.2) is 35.2 Å². The fraction of sp³-hybridized carbons (Fsp3) is 0.314. The SMILES string of the molecule is Cc1cc(C2(c3cc(C)c(OCC4CS4)c(C)c3)c3ccccc3-c3ccccc32)cc(C)c1OCC1CS1. The Kier molecular flexibility index (Phi) is 6.24. The molecule has 0 saturated carbocycles. The van der Waals surface area contributed by atoms with Crippen LogP contribution in [0.15, 0.2) is 72.8 Å². The van der Waals surface area contributed by atoms with Gasteiger partial charge in [-0.05, 0) is 83.3 Å². The zero-order valence-corrected chi connectivity index (χ0v) is 24.7. The molecule has 0 bridgehead atoms. The van der Waals surface area contributed by atoms with E-state index >= 15 is 0 Å². The van der Waals surface area contributed by atoms with E-state index in [2.05, 4.69) is 100 Å². The highest BCUT2D eigenvalue weighted by atomic mass is 32.2. The van der Waals surface area contributed by atoms with E-state index in [0.717, 1.165) is 24.7 Å². The first-order valence-electron chi connectivity index (χ1n) is 13.9. The molecule has 2 aliphatic heterocycles. The lowest BCUT2D eigenvalue weighted by Gasteiger charge is -2.35. The number of fused-ring (bicyclic) bond motifs is 3. The van der Waals surface area contributed by atoms with Crippen LogP contribution in [0.3, 0.4) is 0 Å². The maximum absolute atomic E-state index is 6.35. The topological polar surface area (TPSA) is 18.5 Å². The van der Waals surface area contributed by atoms with Crippen LogP contribution >= 0.6 is 23.5 Å². The number of aryl methyl sites for hydroxylation is 4. The lowest BCUT2D eigenvalue weighted by molar-refractivity contribution is 0.325. The fourth-order valence-electron chi connectivity index (χ4n) is 6.49. The molecule has 0 radical (unpaired) electrons. The minimum Gasteiger partial charge on any atom is -0.492 e. The van der Waals surface area contributed by atoms with Gasteiger partial charge >= 0.3 is 0 Å². The van der Waals surface area contributed by atoms with Crippen LogP contribution in [-0.2, 0) is 5.41 Å². The van der Waals surface area contributed by atoms with E-state index < -0.39 is 5.41 Å². The summed E-state index contributed by atoms with van der Waals surface area (Å²) in [4.78, 5) is 0. The van der Waals surface area contributed by atoms with Crippen LogP contribution in [0.5, 0.6) is 11.5 Å². The number of rotatable bonds is 8. The summed E-state index contributed by atoms with van der Waals surface area (Å²) >= 11 is 3.96. The summed E-state index contributed by atoms with van der Waals surface area (Å²) in [5.74, 6) is 4.50. The minimum atomic E-state index is -0.423. The highest BCUT2D eigenvalue weighted by Gasteiger charge is 2.46. The van der Waals surface area contributed by atoms with E-state index in [9.17, 15) is 0 Å². The van der Waals surface area contributed by atoms with E-state index in [1.165, 1.54) is 67.1 Å². The zero-order valence-electron chi connectivity index (χ0n) is 23.0. The van der Waals surface area contributed by atoms with Crippen molar-refractivity contribution in [2.24, 2.45) is 0 Å². The van der Waals surface area contributed by atoms with Crippen molar-refractivity contribution in [3.63, 3.8) is 0 Å². The predicted octanol–water partition coefficient (Wildman–Crippen LogP) is 8.27. The van der Waals surface area contributed by atoms with Crippen LogP contribution < -0.4 is 9.47 Å². The third kappa shape index (κ3) is 4.28. The van der Waals surface area contributed by atoms with Crippen molar-refractivity contribution in [3.8, 4) is 22.6 Å². The monoisotopic (exact) mass is 550 g/mol. The third-order valence-electron chi connectivity index (χ3n) is 8.37. The Labute approximate surface area is 240 Å². The molecule has 198 valence electrons. The number of hydrogen-bond acceptors (Lipinski definition) is 4. The summed E-state index contributed by atoms with van der Waals surface area (Å²) in [7, 11) is 0. The number of ether oxygens (including phenoxy) is 2. The molecule has 39 heavy (non-hydrogen) atoms. The Balaban J connectivity index is 1.45. The van der Waals surface area contributed by atoms with Crippen LogP contribution in [0.25, 0.3) is 11.1 Å². The smallest absolute Gasteiger partial charge is 0.125 e. The van der Waals surface area contributed by atoms with Crippen molar-refractivity contribution in [2.45, 2.75) is 43.6 Å². The normalized spacial score (nSPS) is 19.8. The Morgan fingerprint density at radius 2 is 0.974 bits per heavy atom. The first-order chi connectivity index (χ1) is 19.0. The molecule has 0 spiro atoms. The van der Waals surface area contributed by atoms with Crippen LogP contribution in [0.4, 0.5) is 0 Å². The van der Waals surface area contributed by atoms with Gasteiger partial charge in [-0.1, -0.05) is 72.8 Å². The summed E-state index contributed by atoms with van der Waals surface area (Å²) in [5.41, 5.74) is 12.3. The van der Waals surface area contributed by atoms with Gasteiger partial charge in [0.25, 0.3) is 0 Å². The van der Waals surface area contributed by atoms with Crippen molar-refractivity contribution < 1.29 is 9.47 Å². The van der Waals surface area contributed by atoms with Gasteiger partial charge in [-0.3, -0.25) is 0 Å². The quantitative estimate of drug-likeness (QED) is 0.181. The molecule has 2 atom stereocenters. The van der Waals surface area contributed by atoms with Gasteiger partial charge < -0.3 is 9.47 Å². The summed E-state index contributed by atoms with van der Waals surface area (Å²) in [5, 5.41) is 1.29. The standard InChI is InChI=1S/C35H34O2S2/c1-21-13-25(14-22(2)33(21)36-17-27-19-38-27)35(26-15-23(3)34(24(4)16-26)37-18-28-20-39-28)31-11-7-5-9-29(31)30-10-6-8-12-32(30)35/h5-16,27-28H,17-20H2,1-4H3. The van der Waals surface area contributed by atoms with Gasteiger partial charge in [0, 0.05) is 22.0 Å². The predicted molar refractivity (Wildman–Crippen MR) is 166 cm³/mol. The molecule has 0 amide bonds. The molecule has 2 unspecified atom stereocenters. The van der Waals surface area contributed by atoms with Crippen molar-refractivity contribution in [3.05, 3.63) is 117 Å². The van der Waals surface area contributed by atoms with Gasteiger partial charge in [-0.2, -0.15) is 23.5 Å². The average molecular weight is 551 g/mol. The molecule has 0 aromatic heterocycles. The van der Waals surface area contributed by atoms with Crippen LogP contribution in [0, 0.1) is 27.7 Å². The van der Waals surface area contributed by atoms with Gasteiger partial charge in [0.05, 0.1) is 5.41 Å². The fourth-order valence-corrected chi connectivity index (χ4v) is 7.29. The molecule has 2 heterocycles. The highest BCUT2D eigenvalue weighted by molar-refractivity contribution is 8.07. The Morgan fingerprint density at radius 1 is 0.615 bits per heavy atom. The lowest BCUT2D eigenvalue weighted by atomic mass is 9.66. The second kappa shape index (κ2) is 9.67. The molecular formula is C35H34O2S2. The molecule has 2 saturated heterocycles. The van der Waals surface area contributed by atoms with E-state index in [-0.39, 0.29) is 0 Å². The molecule has 0 N–H and O–H groups in total. The molecule has 1 aliphatic carbocycles. The zero-order chi connectivity index (χ0) is 26.7. The number of hydrogen-bond donors (Lipinski definition) is 0. The molecule has 4 aromatic rings. The molecule has 2 nitrogen and oxygen atoms in total. The maximum Gasteiger partial charge on any atom is 0.125 e. The lowest BCUT2D eigenvalue weighted by Crippen LogP contribution is -2.29. The first-order valence-corrected chi connectivity index (χ1v) is 16.0. The first kappa shape index (κ1) is 25.2. The molecular weight excluding hydrogens is 517 g/mol. The van der Waals surface area contributed by atoms with E-state index in [4.69, 9.17) is 9.47 Å². The second-order valence-corrected chi connectivity index (χ2v) is 13.9. The molecule has 3 aliphatic rings. The number of benzene rings is 4. The Morgan fingerprint density at radius 3 is 1.33 bits per heavy atom. The average Bonchev–Trinajstić information content (AvgIpc) is 3.86. The molecule has 4 heteroatoms. The maximum atomic E-state index is 6.35. The molecule has 2 fully saturated rings. The van der Waals surface area contributed by atoms with Gasteiger partial charge in [-0.25, -0.2) is 0 Å². The Bertz CT molecular complexity index is 1420. The summed E-state index contributed by atoms with van der Waals surface area (Å²) in [6, 6.07) is 27.4. The Hall–Kier alpha value is -2.82. The summed E-state index contributed by atoms with van der Waals surface area (Å²) < 4.78 is 12.7. The van der Waals surface area contributed by atoms with Gasteiger partial charge in [-0.15, -0.1) is 0 Å². The van der Waals surface area contributed by atoms with Crippen molar-refractivity contribution in [2.75, 3.05) is 24.7 Å². The minimum absolute atomic E-state index is 0.423. The van der Waals surface area contributed by atoms with Gasteiger partial charge in [0.1, 0.15) is 24.7 Å². The van der Waals surface area contributed by atoms with Crippen molar-refractivity contribution in [1.82, 2.24) is 0 Å².